The summed E-state index contributed by atoms with van der Waals surface area (Å²) in [5.41, 5.74) is 3.37. The summed E-state index contributed by atoms with van der Waals surface area (Å²) in [5, 5.41) is 3.40. The van der Waals surface area contributed by atoms with Gasteiger partial charge in [-0.1, -0.05) is 6.07 Å². The van der Waals surface area contributed by atoms with Gasteiger partial charge < -0.3 is 9.88 Å². The van der Waals surface area contributed by atoms with Gasteiger partial charge >= 0.3 is 0 Å². The first-order valence-corrected chi connectivity index (χ1v) is 6.44. The van der Waals surface area contributed by atoms with Gasteiger partial charge in [-0.15, -0.1) is 0 Å². The van der Waals surface area contributed by atoms with Crippen molar-refractivity contribution in [3.63, 3.8) is 0 Å². The summed E-state index contributed by atoms with van der Waals surface area (Å²) >= 11 is 0. The van der Waals surface area contributed by atoms with Crippen molar-refractivity contribution in [3.8, 4) is 0 Å². The van der Waals surface area contributed by atoms with Crippen LogP contribution in [0.4, 0.5) is 5.95 Å². The summed E-state index contributed by atoms with van der Waals surface area (Å²) in [7, 11) is 0. The van der Waals surface area contributed by atoms with Gasteiger partial charge in [0.25, 0.3) is 0 Å². The van der Waals surface area contributed by atoms with E-state index in [1.54, 1.807) is 0 Å². The van der Waals surface area contributed by atoms with E-state index in [1.165, 1.54) is 18.4 Å². The quantitative estimate of drug-likeness (QED) is 0.896. The van der Waals surface area contributed by atoms with Gasteiger partial charge in [0.05, 0.1) is 17.9 Å². The van der Waals surface area contributed by atoms with Crippen molar-refractivity contribution in [2.24, 2.45) is 0 Å². The molecular formula is C14H18N4. The van der Waals surface area contributed by atoms with Gasteiger partial charge in [-0.2, -0.15) is 0 Å². The molecule has 0 saturated heterocycles. The first-order valence-electron chi connectivity index (χ1n) is 6.44. The van der Waals surface area contributed by atoms with Crippen molar-refractivity contribution >= 4 is 5.95 Å². The Bertz CT molecular complexity index is 555. The van der Waals surface area contributed by atoms with Gasteiger partial charge in [0.1, 0.15) is 0 Å². The molecule has 4 heteroatoms. The number of rotatable bonds is 4. The molecule has 2 heterocycles. The number of pyridine rings is 1. The van der Waals surface area contributed by atoms with E-state index in [4.69, 9.17) is 0 Å². The van der Waals surface area contributed by atoms with Crippen molar-refractivity contribution in [1.82, 2.24) is 14.5 Å². The molecule has 0 unspecified atom stereocenters. The molecule has 2 aromatic heterocycles. The van der Waals surface area contributed by atoms with E-state index >= 15 is 0 Å². The third-order valence-corrected chi connectivity index (χ3v) is 3.32. The van der Waals surface area contributed by atoms with E-state index < -0.39 is 0 Å². The first kappa shape index (κ1) is 11.3. The monoisotopic (exact) mass is 242 g/mol. The highest BCUT2D eigenvalue weighted by atomic mass is 15.2. The lowest BCUT2D eigenvalue weighted by Crippen LogP contribution is -2.08. The van der Waals surface area contributed by atoms with Crippen LogP contribution in [-0.2, 0) is 6.54 Å². The summed E-state index contributed by atoms with van der Waals surface area (Å²) in [4.78, 5) is 8.93. The Kier molecular flexibility index (Phi) is 2.78. The minimum atomic E-state index is 0.651. The van der Waals surface area contributed by atoms with Crippen LogP contribution in [0.5, 0.6) is 0 Å². The maximum absolute atomic E-state index is 4.54. The average molecular weight is 242 g/mol. The second kappa shape index (κ2) is 4.44. The molecule has 4 nitrogen and oxygen atoms in total. The molecule has 0 bridgehead atoms. The Hall–Kier alpha value is -1.84. The number of nitrogens with zero attached hydrogens (tertiary/aromatic N) is 3. The number of aromatic nitrogens is 3. The molecule has 1 aliphatic carbocycles. The number of aryl methyl sites for hydroxylation is 2. The highest BCUT2D eigenvalue weighted by Gasteiger charge is 2.26. The smallest absolute Gasteiger partial charge is 0.203 e. The number of imidazole rings is 1. The van der Waals surface area contributed by atoms with Crippen LogP contribution in [0.2, 0.25) is 0 Å². The van der Waals surface area contributed by atoms with Crippen molar-refractivity contribution in [1.29, 1.82) is 0 Å². The molecule has 94 valence electrons. The molecule has 1 saturated carbocycles. The standard InChI is InChI=1S/C14H18N4/c1-10-4-3-7-15-13(10)8-16-14-17-11(2)9-18(14)12-5-6-12/h3-4,7,9,12H,5-6,8H2,1-2H3,(H,16,17). The second-order valence-electron chi connectivity index (χ2n) is 4.96. The zero-order valence-electron chi connectivity index (χ0n) is 10.8. The number of hydrogen-bond acceptors (Lipinski definition) is 3. The first-order chi connectivity index (χ1) is 8.74. The maximum atomic E-state index is 4.54. The Morgan fingerprint density at radius 3 is 2.94 bits per heavy atom. The summed E-state index contributed by atoms with van der Waals surface area (Å²) < 4.78 is 2.26. The molecule has 1 fully saturated rings. The molecule has 0 aromatic carbocycles. The Balaban J connectivity index is 1.75. The molecule has 0 amide bonds. The fourth-order valence-electron chi connectivity index (χ4n) is 2.14. The van der Waals surface area contributed by atoms with Crippen LogP contribution in [0.3, 0.4) is 0 Å². The minimum Gasteiger partial charge on any atom is -0.350 e. The third-order valence-electron chi connectivity index (χ3n) is 3.32. The molecule has 0 radical (unpaired) electrons. The van der Waals surface area contributed by atoms with E-state index in [1.807, 2.05) is 19.2 Å². The van der Waals surface area contributed by atoms with Crippen LogP contribution in [0, 0.1) is 13.8 Å². The van der Waals surface area contributed by atoms with Crippen LogP contribution < -0.4 is 5.32 Å². The highest BCUT2D eigenvalue weighted by Crippen LogP contribution is 2.37. The zero-order valence-corrected chi connectivity index (χ0v) is 10.8. The Morgan fingerprint density at radius 2 is 2.22 bits per heavy atom. The second-order valence-corrected chi connectivity index (χ2v) is 4.96. The largest absolute Gasteiger partial charge is 0.350 e. The lowest BCUT2D eigenvalue weighted by atomic mass is 10.2. The van der Waals surface area contributed by atoms with Crippen molar-refractivity contribution < 1.29 is 0 Å². The fourth-order valence-corrected chi connectivity index (χ4v) is 2.14. The van der Waals surface area contributed by atoms with Gasteiger partial charge in [0.2, 0.25) is 5.95 Å². The molecule has 0 aliphatic heterocycles. The molecule has 1 aliphatic rings. The molecule has 0 atom stereocenters. The third kappa shape index (κ3) is 2.23. The van der Waals surface area contributed by atoms with Gasteiger partial charge in [-0.3, -0.25) is 4.98 Å². The summed E-state index contributed by atoms with van der Waals surface area (Å²) in [6.45, 7) is 4.86. The SMILES string of the molecule is Cc1cn(C2CC2)c(NCc2ncccc2C)n1. The maximum Gasteiger partial charge on any atom is 0.203 e. The topological polar surface area (TPSA) is 42.7 Å². The van der Waals surface area contributed by atoms with Crippen LogP contribution in [0.15, 0.2) is 24.5 Å². The normalized spacial score (nSPS) is 14.8. The van der Waals surface area contributed by atoms with E-state index in [0.29, 0.717) is 6.04 Å². The molecular weight excluding hydrogens is 224 g/mol. The van der Waals surface area contributed by atoms with E-state index in [9.17, 15) is 0 Å². The number of hydrogen-bond donors (Lipinski definition) is 1. The Labute approximate surface area is 107 Å². The van der Waals surface area contributed by atoms with Crippen LogP contribution in [0.25, 0.3) is 0 Å². The lowest BCUT2D eigenvalue weighted by Gasteiger charge is -2.09. The molecule has 18 heavy (non-hydrogen) atoms. The minimum absolute atomic E-state index is 0.651. The van der Waals surface area contributed by atoms with E-state index in [2.05, 4.69) is 39.0 Å². The van der Waals surface area contributed by atoms with Crippen molar-refractivity contribution in [2.45, 2.75) is 39.3 Å². The summed E-state index contributed by atoms with van der Waals surface area (Å²) in [6, 6.07) is 4.70. The molecule has 1 N–H and O–H groups in total. The van der Waals surface area contributed by atoms with E-state index in [-0.39, 0.29) is 0 Å². The van der Waals surface area contributed by atoms with Crippen LogP contribution in [-0.4, -0.2) is 14.5 Å². The summed E-state index contributed by atoms with van der Waals surface area (Å²) in [6.07, 6.45) is 6.51. The molecule has 2 aromatic rings. The highest BCUT2D eigenvalue weighted by molar-refractivity contribution is 5.32. The zero-order chi connectivity index (χ0) is 12.5. The van der Waals surface area contributed by atoms with Crippen LogP contribution in [0.1, 0.15) is 35.8 Å². The number of nitrogens with one attached hydrogen (secondary N) is 1. The lowest BCUT2D eigenvalue weighted by molar-refractivity contribution is 0.741. The summed E-state index contributed by atoms with van der Waals surface area (Å²) in [5.74, 6) is 0.972. The predicted octanol–water partition coefficient (Wildman–Crippen LogP) is 2.84. The van der Waals surface area contributed by atoms with Gasteiger partial charge in [-0.25, -0.2) is 4.98 Å². The molecule has 0 spiro atoms. The van der Waals surface area contributed by atoms with Gasteiger partial charge in [0, 0.05) is 18.4 Å². The Morgan fingerprint density at radius 1 is 1.39 bits per heavy atom. The van der Waals surface area contributed by atoms with E-state index in [0.717, 1.165) is 23.9 Å². The molecule has 3 rings (SSSR count). The number of anilines is 1. The fraction of sp³-hybridized carbons (Fsp3) is 0.429. The van der Waals surface area contributed by atoms with Crippen molar-refractivity contribution in [2.75, 3.05) is 5.32 Å². The van der Waals surface area contributed by atoms with Crippen molar-refractivity contribution in [3.05, 3.63) is 41.5 Å². The van der Waals surface area contributed by atoms with Gasteiger partial charge in [-0.05, 0) is 38.3 Å². The van der Waals surface area contributed by atoms with Crippen LogP contribution >= 0.6 is 0 Å². The van der Waals surface area contributed by atoms with Gasteiger partial charge in [0.15, 0.2) is 0 Å². The predicted molar refractivity (Wildman–Crippen MR) is 71.5 cm³/mol. The average Bonchev–Trinajstić information content (AvgIpc) is 3.13.